The summed E-state index contributed by atoms with van der Waals surface area (Å²) in [5, 5.41) is 0. The van der Waals surface area contributed by atoms with E-state index in [9.17, 15) is 27.6 Å². The maximum absolute atomic E-state index is 12.9. The molecule has 8 nitrogen and oxygen atoms in total. The number of esters is 1. The highest BCUT2D eigenvalue weighted by molar-refractivity contribution is 6.19. The minimum absolute atomic E-state index is 0.0852. The van der Waals surface area contributed by atoms with Gasteiger partial charge in [-0.2, -0.15) is 0 Å². The molecule has 0 N–H and O–H groups in total. The molecule has 174 valence electrons. The van der Waals surface area contributed by atoms with Gasteiger partial charge < -0.3 is 14.4 Å². The quantitative estimate of drug-likeness (QED) is 0.305. The average molecular weight is 471 g/mol. The Morgan fingerprint density at radius 2 is 1.68 bits per heavy atom. The molecule has 0 saturated carbocycles. The summed E-state index contributed by atoms with van der Waals surface area (Å²) in [6.07, 6.45) is -2.12. The van der Waals surface area contributed by atoms with Crippen LogP contribution in [0, 0.1) is 0 Å². The number of halogens is 3. The summed E-state index contributed by atoms with van der Waals surface area (Å²) in [6, 6.07) is 13.6. The van der Waals surface area contributed by atoms with Crippen molar-refractivity contribution in [1.29, 1.82) is 0 Å². The number of carbonyl (C=O) groups is 3. The van der Waals surface area contributed by atoms with Crippen LogP contribution in [-0.2, 0) is 11.3 Å². The summed E-state index contributed by atoms with van der Waals surface area (Å²) in [7, 11) is 0. The van der Waals surface area contributed by atoms with Gasteiger partial charge in [-0.3, -0.25) is 9.78 Å². The first-order chi connectivity index (χ1) is 16.2. The Labute approximate surface area is 191 Å². The van der Waals surface area contributed by atoms with Crippen LogP contribution in [0.1, 0.15) is 15.9 Å². The molecular formula is C23H16F3N3O5. The van der Waals surface area contributed by atoms with E-state index in [2.05, 4.69) is 9.72 Å². The maximum atomic E-state index is 12.9. The van der Waals surface area contributed by atoms with E-state index in [4.69, 9.17) is 4.74 Å². The molecule has 1 fully saturated rings. The van der Waals surface area contributed by atoms with Gasteiger partial charge >= 0.3 is 18.4 Å². The smallest absolute Gasteiger partial charge is 0.423 e. The minimum Gasteiger partial charge on any atom is -0.423 e. The molecule has 3 amide bonds. The normalized spacial score (nSPS) is 13.9. The van der Waals surface area contributed by atoms with Gasteiger partial charge in [0.2, 0.25) is 0 Å². The molecule has 0 bridgehead atoms. The zero-order chi connectivity index (χ0) is 24.3. The fourth-order valence-electron chi connectivity index (χ4n) is 3.33. The minimum atomic E-state index is -4.86. The molecular weight excluding hydrogens is 455 g/mol. The number of aromatic nitrogens is 1. The van der Waals surface area contributed by atoms with Crippen molar-refractivity contribution in [1.82, 2.24) is 9.88 Å². The van der Waals surface area contributed by atoms with Crippen LogP contribution >= 0.6 is 0 Å². The second-order valence-electron chi connectivity index (χ2n) is 7.14. The van der Waals surface area contributed by atoms with Crippen molar-refractivity contribution in [2.45, 2.75) is 12.9 Å². The van der Waals surface area contributed by atoms with E-state index >= 15 is 0 Å². The molecule has 2 aromatic carbocycles. The lowest BCUT2D eigenvalue weighted by molar-refractivity contribution is -0.274. The van der Waals surface area contributed by atoms with Crippen molar-refractivity contribution in [2.75, 3.05) is 11.4 Å². The first-order valence-electron chi connectivity index (χ1n) is 9.89. The molecule has 0 radical (unpaired) electrons. The number of urea groups is 1. The molecule has 0 spiro atoms. The van der Waals surface area contributed by atoms with Gasteiger partial charge in [-0.05, 0) is 48.0 Å². The number of imide groups is 1. The van der Waals surface area contributed by atoms with Gasteiger partial charge in [0.05, 0.1) is 11.3 Å². The Morgan fingerprint density at radius 3 is 2.35 bits per heavy atom. The Balaban J connectivity index is 1.49. The van der Waals surface area contributed by atoms with Crippen LogP contribution < -0.4 is 14.4 Å². The SMILES string of the molecule is O=C(Oc1ccccc1)c1cnccc1CN1CC(=O)N(c2ccc(OC(F)(F)F)cc2)C1=O. The number of alkyl halides is 3. The molecule has 1 aliphatic rings. The molecule has 2 heterocycles. The predicted molar refractivity (Wildman–Crippen MR) is 112 cm³/mol. The topological polar surface area (TPSA) is 89.0 Å². The lowest BCUT2D eigenvalue weighted by Crippen LogP contribution is -2.33. The fourth-order valence-corrected chi connectivity index (χ4v) is 3.33. The number of carbonyl (C=O) groups excluding carboxylic acids is 3. The van der Waals surface area contributed by atoms with Crippen LogP contribution in [0.4, 0.5) is 23.7 Å². The molecule has 4 rings (SSSR count). The average Bonchev–Trinajstić information content (AvgIpc) is 3.07. The predicted octanol–water partition coefficient (Wildman–Crippen LogP) is 4.17. The summed E-state index contributed by atoms with van der Waals surface area (Å²) in [5.41, 5.74) is 0.622. The highest BCUT2D eigenvalue weighted by Gasteiger charge is 2.38. The number of nitrogens with zero attached hydrogens (tertiary/aromatic N) is 3. The Morgan fingerprint density at radius 1 is 0.971 bits per heavy atom. The second kappa shape index (κ2) is 9.22. The summed E-state index contributed by atoms with van der Waals surface area (Å²) in [6.45, 7) is -0.368. The van der Waals surface area contributed by atoms with Crippen molar-refractivity contribution in [2.24, 2.45) is 0 Å². The fraction of sp³-hybridized carbons (Fsp3) is 0.130. The Bertz CT molecular complexity index is 1220. The number of pyridine rings is 1. The summed E-state index contributed by atoms with van der Waals surface area (Å²) in [5.74, 6) is -1.40. The molecule has 3 aromatic rings. The third-order valence-electron chi connectivity index (χ3n) is 4.81. The first kappa shape index (κ1) is 22.8. The Hall–Kier alpha value is -4.41. The van der Waals surface area contributed by atoms with Gasteiger partial charge in [0.1, 0.15) is 18.0 Å². The third kappa shape index (κ3) is 5.14. The molecule has 11 heteroatoms. The van der Waals surface area contributed by atoms with Crippen molar-refractivity contribution in [3.05, 3.63) is 84.2 Å². The van der Waals surface area contributed by atoms with Gasteiger partial charge in [0.25, 0.3) is 5.91 Å². The van der Waals surface area contributed by atoms with Crippen LogP contribution in [-0.4, -0.2) is 40.7 Å². The number of para-hydroxylation sites is 1. The molecule has 1 aliphatic heterocycles. The number of rotatable bonds is 6. The number of hydrogen-bond acceptors (Lipinski definition) is 6. The zero-order valence-electron chi connectivity index (χ0n) is 17.4. The van der Waals surface area contributed by atoms with Gasteiger partial charge in [-0.15, -0.1) is 13.2 Å². The van der Waals surface area contributed by atoms with Crippen LogP contribution in [0.25, 0.3) is 0 Å². The van der Waals surface area contributed by atoms with Crippen LogP contribution in [0.3, 0.4) is 0 Å². The number of benzene rings is 2. The number of hydrogen-bond donors (Lipinski definition) is 0. The van der Waals surface area contributed by atoms with E-state index in [1.807, 2.05) is 0 Å². The molecule has 0 atom stereocenters. The van der Waals surface area contributed by atoms with Crippen molar-refractivity contribution < 1.29 is 37.0 Å². The highest BCUT2D eigenvalue weighted by atomic mass is 19.4. The lowest BCUT2D eigenvalue weighted by Gasteiger charge is -2.18. The molecule has 0 unspecified atom stereocenters. The number of anilines is 1. The van der Waals surface area contributed by atoms with Gasteiger partial charge in [-0.1, -0.05) is 18.2 Å². The van der Waals surface area contributed by atoms with Crippen LogP contribution in [0.5, 0.6) is 11.5 Å². The summed E-state index contributed by atoms with van der Waals surface area (Å²) >= 11 is 0. The van der Waals surface area contributed by atoms with E-state index < -0.39 is 30.0 Å². The van der Waals surface area contributed by atoms with Crippen LogP contribution in [0.15, 0.2) is 73.1 Å². The third-order valence-corrected chi connectivity index (χ3v) is 4.81. The van der Waals surface area contributed by atoms with Crippen molar-refractivity contribution in [3.63, 3.8) is 0 Å². The van der Waals surface area contributed by atoms with E-state index in [-0.39, 0.29) is 24.3 Å². The van der Waals surface area contributed by atoms with Crippen molar-refractivity contribution >= 4 is 23.6 Å². The Kier molecular flexibility index (Phi) is 6.17. The molecule has 1 saturated heterocycles. The standard InChI is InChI=1S/C23H16F3N3O5/c24-23(25,26)34-18-8-6-16(7-9-18)29-20(30)14-28(22(29)32)13-15-10-11-27-12-19(15)21(31)33-17-4-2-1-3-5-17/h1-12H,13-14H2. The van der Waals surface area contributed by atoms with E-state index in [1.165, 1.54) is 35.5 Å². The van der Waals surface area contributed by atoms with Crippen molar-refractivity contribution in [3.8, 4) is 11.5 Å². The van der Waals surface area contributed by atoms with Gasteiger partial charge in [0.15, 0.2) is 0 Å². The number of ether oxygens (including phenoxy) is 2. The van der Waals surface area contributed by atoms with E-state index in [1.54, 1.807) is 30.3 Å². The number of amides is 3. The first-order valence-corrected chi connectivity index (χ1v) is 9.89. The molecule has 0 aliphatic carbocycles. The highest BCUT2D eigenvalue weighted by Crippen LogP contribution is 2.28. The summed E-state index contributed by atoms with van der Waals surface area (Å²) < 4.78 is 46.2. The monoisotopic (exact) mass is 471 g/mol. The van der Waals surface area contributed by atoms with Gasteiger partial charge in [0, 0.05) is 18.9 Å². The van der Waals surface area contributed by atoms with Gasteiger partial charge in [-0.25, -0.2) is 14.5 Å². The van der Waals surface area contributed by atoms with Crippen LogP contribution in [0.2, 0.25) is 0 Å². The molecule has 1 aromatic heterocycles. The molecule has 34 heavy (non-hydrogen) atoms. The maximum Gasteiger partial charge on any atom is 0.573 e. The lowest BCUT2D eigenvalue weighted by atomic mass is 10.1. The second-order valence-corrected chi connectivity index (χ2v) is 7.14. The zero-order valence-corrected chi connectivity index (χ0v) is 17.4. The van der Waals surface area contributed by atoms with E-state index in [0.717, 1.165) is 17.0 Å². The van der Waals surface area contributed by atoms with E-state index in [0.29, 0.717) is 11.3 Å². The largest absolute Gasteiger partial charge is 0.573 e. The summed E-state index contributed by atoms with van der Waals surface area (Å²) in [4.78, 5) is 44.0.